The minimum Gasteiger partial charge on any atom is -0.445 e. The van der Waals surface area contributed by atoms with Gasteiger partial charge in [0.25, 0.3) is 0 Å². The molecule has 0 aromatic carbocycles. The maximum Gasteiger partial charge on any atom is 0.224 e. The summed E-state index contributed by atoms with van der Waals surface area (Å²) in [6.45, 7) is 5.96. The van der Waals surface area contributed by atoms with Crippen molar-refractivity contribution in [2.75, 3.05) is 6.54 Å². The Morgan fingerprint density at radius 3 is 2.86 bits per heavy atom. The fourth-order valence-corrected chi connectivity index (χ4v) is 2.40. The van der Waals surface area contributed by atoms with Crippen LogP contribution in [0.15, 0.2) is 17.1 Å². The van der Waals surface area contributed by atoms with Crippen LogP contribution in [0.5, 0.6) is 0 Å². The van der Waals surface area contributed by atoms with E-state index in [1.165, 1.54) is 0 Å². The van der Waals surface area contributed by atoms with Gasteiger partial charge in [0.2, 0.25) is 5.91 Å². The summed E-state index contributed by atoms with van der Waals surface area (Å²) in [7, 11) is 0. The van der Waals surface area contributed by atoms with Gasteiger partial charge < -0.3 is 13.9 Å². The lowest BCUT2D eigenvalue weighted by molar-refractivity contribution is -0.132. The highest BCUT2D eigenvalue weighted by Crippen LogP contribution is 2.24. The molecular weight excluding hydrogens is 270 g/mol. The van der Waals surface area contributed by atoms with Gasteiger partial charge in [-0.15, -0.1) is 10.2 Å². The van der Waals surface area contributed by atoms with Gasteiger partial charge in [-0.2, -0.15) is 0 Å². The molecule has 0 saturated heterocycles. The Hall–Kier alpha value is -2.18. The molecule has 0 N–H and O–H groups in total. The van der Waals surface area contributed by atoms with E-state index in [4.69, 9.17) is 4.42 Å². The largest absolute Gasteiger partial charge is 0.445 e. The zero-order valence-corrected chi connectivity index (χ0v) is 12.3. The lowest BCUT2D eigenvalue weighted by Gasteiger charge is -2.25. The second-order valence-electron chi connectivity index (χ2n) is 5.59. The van der Waals surface area contributed by atoms with Crippen LogP contribution in [0.25, 0.3) is 0 Å². The average molecular weight is 289 g/mol. The highest BCUT2D eigenvalue weighted by molar-refractivity contribution is 5.76. The molecule has 0 fully saturated rings. The molecule has 0 atom stereocenters. The predicted molar refractivity (Wildman–Crippen MR) is 74.4 cm³/mol. The van der Waals surface area contributed by atoms with Gasteiger partial charge in [0.15, 0.2) is 5.89 Å². The third-order valence-corrected chi connectivity index (χ3v) is 3.64. The van der Waals surface area contributed by atoms with Crippen LogP contribution in [0.1, 0.15) is 43.5 Å². The van der Waals surface area contributed by atoms with Crippen molar-refractivity contribution in [3.05, 3.63) is 30.0 Å². The van der Waals surface area contributed by atoms with E-state index in [1.807, 2.05) is 4.90 Å². The Bertz CT molecular complexity index is 617. The first-order valence-corrected chi connectivity index (χ1v) is 7.22. The van der Waals surface area contributed by atoms with Crippen molar-refractivity contribution in [3.8, 4) is 0 Å². The van der Waals surface area contributed by atoms with Gasteiger partial charge in [-0.05, 0) is 0 Å². The number of carbonyl (C=O) groups excluding carboxylic acids is 1. The molecule has 2 aromatic rings. The van der Waals surface area contributed by atoms with E-state index in [-0.39, 0.29) is 11.8 Å². The topological polar surface area (TPSA) is 77.0 Å². The molecule has 3 rings (SSSR count). The molecule has 2 aromatic heterocycles. The highest BCUT2D eigenvalue weighted by atomic mass is 16.4. The van der Waals surface area contributed by atoms with Crippen LogP contribution in [0.2, 0.25) is 0 Å². The lowest BCUT2D eigenvalue weighted by atomic mass is 10.1. The van der Waals surface area contributed by atoms with Crippen molar-refractivity contribution in [2.24, 2.45) is 0 Å². The van der Waals surface area contributed by atoms with E-state index < -0.39 is 0 Å². The number of nitrogens with zero attached hydrogens (tertiary/aromatic N) is 5. The molecule has 0 bridgehead atoms. The number of fused-ring (bicyclic) bond motifs is 1. The van der Waals surface area contributed by atoms with Crippen LogP contribution in [-0.2, 0) is 24.3 Å². The Balaban J connectivity index is 1.61. The van der Waals surface area contributed by atoms with Gasteiger partial charge in [-0.1, -0.05) is 13.8 Å². The molecule has 21 heavy (non-hydrogen) atoms. The second kappa shape index (κ2) is 5.67. The van der Waals surface area contributed by atoms with Gasteiger partial charge >= 0.3 is 0 Å². The number of hydrogen-bond donors (Lipinski definition) is 0. The van der Waals surface area contributed by atoms with Crippen LogP contribution in [0.3, 0.4) is 0 Å². The van der Waals surface area contributed by atoms with E-state index in [0.717, 1.165) is 23.8 Å². The summed E-state index contributed by atoms with van der Waals surface area (Å²) in [6.07, 6.45) is 4.43. The fourth-order valence-electron chi connectivity index (χ4n) is 2.40. The van der Waals surface area contributed by atoms with E-state index in [2.05, 4.69) is 29.0 Å². The van der Waals surface area contributed by atoms with E-state index in [9.17, 15) is 4.79 Å². The minimum atomic E-state index is 0.128. The summed E-state index contributed by atoms with van der Waals surface area (Å²) in [5.74, 6) is 2.09. The standard InChI is InChI=1S/C14H19N5O2/c1-10(2)14-17-11-7-19(6-3-12(11)21-14)13(20)4-5-18-8-15-16-9-18/h8-10H,3-7H2,1-2H3. The second-order valence-corrected chi connectivity index (χ2v) is 5.59. The van der Waals surface area contributed by atoms with Gasteiger partial charge in [0.1, 0.15) is 24.1 Å². The summed E-state index contributed by atoms with van der Waals surface area (Å²) < 4.78 is 7.55. The van der Waals surface area contributed by atoms with Crippen LogP contribution in [0.4, 0.5) is 0 Å². The maximum absolute atomic E-state index is 12.3. The maximum atomic E-state index is 12.3. The van der Waals surface area contributed by atoms with Crippen LogP contribution >= 0.6 is 0 Å². The number of rotatable bonds is 4. The molecule has 7 heteroatoms. The van der Waals surface area contributed by atoms with Crippen molar-refractivity contribution in [1.82, 2.24) is 24.6 Å². The Morgan fingerprint density at radius 2 is 2.14 bits per heavy atom. The monoisotopic (exact) mass is 289 g/mol. The molecule has 0 radical (unpaired) electrons. The third kappa shape index (κ3) is 2.96. The first kappa shape index (κ1) is 13.8. The quantitative estimate of drug-likeness (QED) is 0.849. The molecule has 0 unspecified atom stereocenters. The van der Waals surface area contributed by atoms with Crippen molar-refractivity contribution >= 4 is 5.91 Å². The average Bonchev–Trinajstić information content (AvgIpc) is 3.12. The minimum absolute atomic E-state index is 0.128. The summed E-state index contributed by atoms with van der Waals surface area (Å²) >= 11 is 0. The van der Waals surface area contributed by atoms with E-state index >= 15 is 0 Å². The van der Waals surface area contributed by atoms with E-state index in [1.54, 1.807) is 17.2 Å². The molecule has 112 valence electrons. The van der Waals surface area contributed by atoms with Gasteiger partial charge in [0, 0.05) is 31.8 Å². The first-order valence-electron chi connectivity index (χ1n) is 7.22. The summed E-state index contributed by atoms with van der Waals surface area (Å²) in [5, 5.41) is 7.45. The van der Waals surface area contributed by atoms with Crippen molar-refractivity contribution in [1.29, 1.82) is 0 Å². The van der Waals surface area contributed by atoms with Crippen molar-refractivity contribution in [2.45, 2.75) is 45.7 Å². The predicted octanol–water partition coefficient (Wildman–Crippen LogP) is 1.36. The number of amides is 1. The summed E-state index contributed by atoms with van der Waals surface area (Å²) in [4.78, 5) is 18.6. The summed E-state index contributed by atoms with van der Waals surface area (Å²) in [6, 6.07) is 0. The first-order chi connectivity index (χ1) is 10.1. The Morgan fingerprint density at radius 1 is 1.38 bits per heavy atom. The van der Waals surface area contributed by atoms with E-state index in [0.29, 0.717) is 26.1 Å². The SMILES string of the molecule is CC(C)c1nc2c(o1)CCN(C(=O)CCn1cnnc1)C2. The number of aryl methyl sites for hydroxylation is 1. The Labute approximate surface area is 123 Å². The molecule has 0 saturated carbocycles. The normalized spacial score (nSPS) is 14.5. The zero-order valence-electron chi connectivity index (χ0n) is 12.3. The van der Waals surface area contributed by atoms with Crippen LogP contribution in [-0.4, -0.2) is 37.1 Å². The van der Waals surface area contributed by atoms with Gasteiger partial charge in [-0.25, -0.2) is 4.98 Å². The number of aromatic nitrogens is 4. The Kier molecular flexibility index (Phi) is 3.72. The molecule has 0 aliphatic carbocycles. The van der Waals surface area contributed by atoms with Crippen LogP contribution in [0, 0.1) is 0 Å². The molecule has 3 heterocycles. The molecule has 1 aliphatic rings. The molecule has 1 aliphatic heterocycles. The number of carbonyl (C=O) groups is 1. The number of oxazole rings is 1. The van der Waals surface area contributed by atoms with Crippen molar-refractivity contribution in [3.63, 3.8) is 0 Å². The summed E-state index contributed by atoms with van der Waals surface area (Å²) in [5.41, 5.74) is 0.905. The smallest absolute Gasteiger partial charge is 0.224 e. The molecule has 7 nitrogen and oxygen atoms in total. The van der Waals surface area contributed by atoms with Gasteiger partial charge in [0.05, 0.1) is 6.54 Å². The third-order valence-electron chi connectivity index (χ3n) is 3.64. The highest BCUT2D eigenvalue weighted by Gasteiger charge is 2.25. The molecular formula is C14H19N5O2. The number of hydrogen-bond acceptors (Lipinski definition) is 5. The van der Waals surface area contributed by atoms with Crippen LogP contribution < -0.4 is 0 Å². The van der Waals surface area contributed by atoms with Gasteiger partial charge in [-0.3, -0.25) is 4.79 Å². The lowest BCUT2D eigenvalue weighted by Crippen LogP contribution is -2.36. The molecule has 0 spiro atoms. The zero-order chi connectivity index (χ0) is 14.8. The molecule has 1 amide bonds. The van der Waals surface area contributed by atoms with Crippen molar-refractivity contribution < 1.29 is 9.21 Å². The fraction of sp³-hybridized carbons (Fsp3) is 0.571.